The summed E-state index contributed by atoms with van der Waals surface area (Å²) in [6, 6.07) is -0.205. The van der Waals surface area contributed by atoms with E-state index < -0.39 is 5.54 Å². The summed E-state index contributed by atoms with van der Waals surface area (Å²) in [6.45, 7) is 6.27. The first-order valence-corrected chi connectivity index (χ1v) is 7.68. The first-order valence-electron chi connectivity index (χ1n) is 7.68. The van der Waals surface area contributed by atoms with E-state index in [1.54, 1.807) is 0 Å². The lowest BCUT2D eigenvalue weighted by atomic mass is 9.77. The van der Waals surface area contributed by atoms with E-state index in [9.17, 15) is 9.59 Å². The normalized spacial score (nSPS) is 35.6. The lowest BCUT2D eigenvalue weighted by molar-refractivity contribution is -0.134. The van der Waals surface area contributed by atoms with Gasteiger partial charge in [0.2, 0.25) is 0 Å². The molecule has 0 aromatic rings. The number of rotatable bonds is 2. The Morgan fingerprint density at radius 3 is 2.50 bits per heavy atom. The third kappa shape index (κ3) is 2.42. The Hall–Kier alpha value is -1.14. The molecular weight excluding hydrogens is 256 g/mol. The summed E-state index contributed by atoms with van der Waals surface area (Å²) >= 11 is 0. The van der Waals surface area contributed by atoms with E-state index in [0.717, 1.165) is 51.9 Å². The third-order valence-corrected chi connectivity index (χ3v) is 4.92. The van der Waals surface area contributed by atoms with Gasteiger partial charge in [0.1, 0.15) is 5.54 Å². The minimum absolute atomic E-state index is 0.00654. The minimum Gasteiger partial charge on any atom is -0.323 e. The fraction of sp³-hybridized carbons (Fsp3) is 0.857. The molecule has 6 heteroatoms. The molecule has 0 radical (unpaired) electrons. The molecule has 0 aromatic carbocycles. The smallest absolute Gasteiger partial charge is 0.323 e. The Morgan fingerprint density at radius 1 is 1.20 bits per heavy atom. The van der Waals surface area contributed by atoms with E-state index in [0.29, 0.717) is 12.6 Å². The highest BCUT2D eigenvalue weighted by atomic mass is 16.2. The summed E-state index contributed by atoms with van der Waals surface area (Å²) in [4.78, 5) is 28.4. The van der Waals surface area contributed by atoms with Crippen LogP contribution < -0.4 is 10.6 Å². The highest BCUT2D eigenvalue weighted by Gasteiger charge is 2.52. The van der Waals surface area contributed by atoms with Gasteiger partial charge in [0.15, 0.2) is 0 Å². The Morgan fingerprint density at radius 2 is 1.85 bits per heavy atom. The number of nitrogens with zero attached hydrogens (tertiary/aromatic N) is 2. The van der Waals surface area contributed by atoms with Gasteiger partial charge in [-0.15, -0.1) is 0 Å². The van der Waals surface area contributed by atoms with Gasteiger partial charge in [-0.05, 0) is 31.6 Å². The molecule has 3 amide bonds. The molecule has 0 aromatic heterocycles. The van der Waals surface area contributed by atoms with Crippen LogP contribution in [0, 0.1) is 5.92 Å². The summed E-state index contributed by atoms with van der Waals surface area (Å²) in [5.41, 5.74) is -0.600. The van der Waals surface area contributed by atoms with E-state index in [4.69, 9.17) is 0 Å². The van der Waals surface area contributed by atoms with E-state index in [1.807, 2.05) is 0 Å². The highest BCUT2D eigenvalue weighted by Crippen LogP contribution is 2.36. The number of carbonyl (C=O) groups excluding carboxylic acids is 2. The van der Waals surface area contributed by atoms with Crippen LogP contribution in [0.3, 0.4) is 0 Å². The molecule has 6 nitrogen and oxygen atoms in total. The summed E-state index contributed by atoms with van der Waals surface area (Å²) in [5, 5.41) is 6.25. The Bertz CT molecular complexity index is 398. The summed E-state index contributed by atoms with van der Waals surface area (Å²) < 4.78 is 0. The number of piperazine rings is 1. The molecule has 0 unspecified atom stereocenters. The second-order valence-electron chi connectivity index (χ2n) is 6.44. The molecule has 3 rings (SSSR count). The van der Waals surface area contributed by atoms with Crippen LogP contribution in [-0.2, 0) is 4.79 Å². The van der Waals surface area contributed by atoms with Gasteiger partial charge in [-0.25, -0.2) is 9.69 Å². The van der Waals surface area contributed by atoms with E-state index in [2.05, 4.69) is 22.5 Å². The second kappa shape index (κ2) is 5.33. The van der Waals surface area contributed by atoms with Crippen LogP contribution in [0.5, 0.6) is 0 Å². The predicted molar refractivity (Wildman–Crippen MR) is 75.1 cm³/mol. The molecule has 2 aliphatic heterocycles. The quantitative estimate of drug-likeness (QED) is 0.716. The van der Waals surface area contributed by atoms with Gasteiger partial charge >= 0.3 is 6.03 Å². The first kappa shape index (κ1) is 13.8. The van der Waals surface area contributed by atoms with Crippen molar-refractivity contribution in [1.82, 2.24) is 20.4 Å². The minimum atomic E-state index is -0.600. The Balaban J connectivity index is 1.67. The van der Waals surface area contributed by atoms with Crippen molar-refractivity contribution in [2.75, 3.05) is 32.8 Å². The zero-order chi connectivity index (χ0) is 14.2. The topological polar surface area (TPSA) is 64.7 Å². The molecule has 0 bridgehead atoms. The molecule has 20 heavy (non-hydrogen) atoms. The van der Waals surface area contributed by atoms with E-state index in [-0.39, 0.29) is 11.9 Å². The number of urea groups is 1. The number of imide groups is 1. The van der Waals surface area contributed by atoms with Gasteiger partial charge in [0.25, 0.3) is 5.91 Å². The maximum Gasteiger partial charge on any atom is 0.326 e. The van der Waals surface area contributed by atoms with E-state index in [1.165, 1.54) is 4.90 Å². The average Bonchev–Trinajstić information content (AvgIpc) is 2.68. The standard InChI is InChI=1S/C14H24N4O2/c1-11-2-4-14(5-3-11)12(19)18(13(20)16-14)10-17-8-6-15-7-9-17/h11,15H,2-10H2,1H3,(H,16,20). The van der Waals surface area contributed by atoms with Gasteiger partial charge in [0, 0.05) is 26.2 Å². The number of hydrogen-bond acceptors (Lipinski definition) is 4. The van der Waals surface area contributed by atoms with Crippen LogP contribution in [0.25, 0.3) is 0 Å². The Kier molecular flexibility index (Phi) is 3.69. The maximum atomic E-state index is 12.7. The molecule has 3 fully saturated rings. The van der Waals surface area contributed by atoms with Crippen LogP contribution in [-0.4, -0.2) is 60.1 Å². The molecule has 1 spiro atoms. The van der Waals surface area contributed by atoms with Crippen LogP contribution in [0.15, 0.2) is 0 Å². The van der Waals surface area contributed by atoms with Crippen molar-refractivity contribution in [3.05, 3.63) is 0 Å². The number of hydrogen-bond donors (Lipinski definition) is 2. The molecule has 1 aliphatic carbocycles. The van der Waals surface area contributed by atoms with E-state index >= 15 is 0 Å². The van der Waals surface area contributed by atoms with Crippen LogP contribution in [0.2, 0.25) is 0 Å². The van der Waals surface area contributed by atoms with Crippen molar-refractivity contribution < 1.29 is 9.59 Å². The van der Waals surface area contributed by atoms with Gasteiger partial charge in [0.05, 0.1) is 6.67 Å². The third-order valence-electron chi connectivity index (χ3n) is 4.92. The highest BCUT2D eigenvalue weighted by molar-refractivity contribution is 6.07. The summed E-state index contributed by atoms with van der Waals surface area (Å²) in [5.74, 6) is 0.653. The molecule has 1 saturated carbocycles. The van der Waals surface area contributed by atoms with Crippen LogP contribution in [0.1, 0.15) is 32.6 Å². The lowest BCUT2D eigenvalue weighted by Gasteiger charge is -2.34. The number of amides is 3. The van der Waals surface area contributed by atoms with Gasteiger partial charge in [-0.1, -0.05) is 6.92 Å². The fourth-order valence-electron chi connectivity index (χ4n) is 3.45. The fourth-order valence-corrected chi connectivity index (χ4v) is 3.45. The van der Waals surface area contributed by atoms with Crippen LogP contribution >= 0.6 is 0 Å². The second-order valence-corrected chi connectivity index (χ2v) is 6.44. The number of nitrogens with one attached hydrogen (secondary N) is 2. The molecule has 2 heterocycles. The SMILES string of the molecule is CC1CCC2(CC1)NC(=O)N(CN1CCNCC1)C2=O. The average molecular weight is 280 g/mol. The van der Waals surface area contributed by atoms with Gasteiger partial charge in [-0.2, -0.15) is 0 Å². The van der Waals surface area contributed by atoms with Gasteiger partial charge in [-0.3, -0.25) is 9.69 Å². The van der Waals surface area contributed by atoms with Crippen molar-refractivity contribution >= 4 is 11.9 Å². The lowest BCUT2D eigenvalue weighted by Crippen LogP contribution is -2.51. The number of carbonyl (C=O) groups is 2. The van der Waals surface area contributed by atoms with Crippen molar-refractivity contribution in [3.8, 4) is 0 Å². The zero-order valence-electron chi connectivity index (χ0n) is 12.2. The monoisotopic (exact) mass is 280 g/mol. The van der Waals surface area contributed by atoms with Crippen LogP contribution in [0.4, 0.5) is 4.79 Å². The molecule has 2 saturated heterocycles. The van der Waals surface area contributed by atoms with Crippen molar-refractivity contribution in [3.63, 3.8) is 0 Å². The molecular formula is C14H24N4O2. The Labute approximate surface area is 119 Å². The zero-order valence-corrected chi connectivity index (χ0v) is 12.2. The van der Waals surface area contributed by atoms with Gasteiger partial charge < -0.3 is 10.6 Å². The summed E-state index contributed by atoms with van der Waals surface area (Å²) in [7, 11) is 0. The first-order chi connectivity index (χ1) is 9.61. The van der Waals surface area contributed by atoms with Crippen molar-refractivity contribution in [2.24, 2.45) is 5.92 Å². The molecule has 3 aliphatic rings. The predicted octanol–water partition coefficient (Wildman–Crippen LogP) is 0.350. The largest absolute Gasteiger partial charge is 0.326 e. The summed E-state index contributed by atoms with van der Waals surface area (Å²) in [6.07, 6.45) is 3.62. The van der Waals surface area contributed by atoms with Crippen molar-refractivity contribution in [1.29, 1.82) is 0 Å². The molecule has 2 N–H and O–H groups in total. The maximum absolute atomic E-state index is 12.7. The molecule has 112 valence electrons. The van der Waals surface area contributed by atoms with Crippen molar-refractivity contribution in [2.45, 2.75) is 38.1 Å². The molecule has 0 atom stereocenters.